The van der Waals surface area contributed by atoms with E-state index in [1.165, 1.54) is 0 Å². The summed E-state index contributed by atoms with van der Waals surface area (Å²) in [5.74, 6) is -1.77. The highest BCUT2D eigenvalue weighted by Gasteiger charge is 2.41. The molecule has 0 saturated carbocycles. The molecule has 4 rings (SSSR count). The van der Waals surface area contributed by atoms with Crippen molar-refractivity contribution in [2.75, 3.05) is 10.6 Å². The van der Waals surface area contributed by atoms with Gasteiger partial charge in [0.2, 0.25) is 5.95 Å². The number of alkyl halides is 3. The molecule has 0 radical (unpaired) electrons. The third-order valence-corrected chi connectivity index (χ3v) is 4.74. The topological polar surface area (TPSA) is 71.8 Å². The molecule has 0 unspecified atom stereocenters. The van der Waals surface area contributed by atoms with Gasteiger partial charge in [0, 0.05) is 11.4 Å². The molecule has 2 heterocycles. The Bertz CT molecular complexity index is 1140. The second kappa shape index (κ2) is 7.33. The van der Waals surface area contributed by atoms with Gasteiger partial charge in [-0.3, -0.25) is 4.79 Å². The van der Waals surface area contributed by atoms with Gasteiger partial charge in [-0.05, 0) is 31.5 Å². The van der Waals surface area contributed by atoms with Gasteiger partial charge in [-0.2, -0.15) is 18.2 Å². The Morgan fingerprint density at radius 3 is 2.50 bits per heavy atom. The van der Waals surface area contributed by atoms with Crippen molar-refractivity contribution < 1.29 is 18.0 Å². The molecule has 0 spiro atoms. The van der Waals surface area contributed by atoms with E-state index in [2.05, 4.69) is 20.7 Å². The Kier molecular flexibility index (Phi) is 4.81. The fraction of sp³-hybridized carbons (Fsp3) is 0.190. The molecule has 0 fully saturated rings. The van der Waals surface area contributed by atoms with Gasteiger partial charge in [0.15, 0.2) is 0 Å². The van der Waals surface area contributed by atoms with E-state index in [1.807, 2.05) is 25.1 Å². The first-order chi connectivity index (χ1) is 14.2. The van der Waals surface area contributed by atoms with Gasteiger partial charge in [0.1, 0.15) is 6.04 Å². The summed E-state index contributed by atoms with van der Waals surface area (Å²) in [4.78, 5) is 16.8. The highest BCUT2D eigenvalue weighted by molar-refractivity contribution is 6.06. The number of hydrogen-bond acceptors (Lipinski definition) is 4. The number of hydrogen-bond donors (Lipinski definition) is 2. The third kappa shape index (κ3) is 3.66. The molecule has 1 aliphatic rings. The number of amides is 1. The van der Waals surface area contributed by atoms with E-state index < -0.39 is 23.9 Å². The zero-order valence-corrected chi connectivity index (χ0v) is 16.2. The molecule has 0 aliphatic carbocycles. The van der Waals surface area contributed by atoms with Gasteiger partial charge >= 0.3 is 6.18 Å². The van der Waals surface area contributed by atoms with E-state index in [-0.39, 0.29) is 11.5 Å². The van der Waals surface area contributed by atoms with E-state index in [9.17, 15) is 18.0 Å². The Morgan fingerprint density at radius 2 is 1.83 bits per heavy atom. The number of anilines is 2. The molecule has 3 aromatic rings. The van der Waals surface area contributed by atoms with Gasteiger partial charge in [0.25, 0.3) is 11.7 Å². The molecule has 6 nitrogen and oxygen atoms in total. The first-order valence-electron chi connectivity index (χ1n) is 9.18. The van der Waals surface area contributed by atoms with Crippen LogP contribution in [0.25, 0.3) is 0 Å². The fourth-order valence-electron chi connectivity index (χ4n) is 3.43. The lowest BCUT2D eigenvalue weighted by Crippen LogP contribution is -2.31. The lowest BCUT2D eigenvalue weighted by atomic mass is 9.94. The number of para-hydroxylation sites is 1. The first-order valence-corrected chi connectivity index (χ1v) is 9.18. The van der Waals surface area contributed by atoms with Gasteiger partial charge in [-0.25, -0.2) is 4.68 Å². The zero-order chi connectivity index (χ0) is 21.5. The summed E-state index contributed by atoms with van der Waals surface area (Å²) in [5, 5.41) is 9.28. The van der Waals surface area contributed by atoms with Crippen molar-refractivity contribution in [2.24, 2.45) is 0 Å². The Hall–Kier alpha value is -3.62. The Balaban J connectivity index is 1.83. The summed E-state index contributed by atoms with van der Waals surface area (Å²) in [6.45, 7) is 3.50. The zero-order valence-electron chi connectivity index (χ0n) is 16.2. The number of nitrogens with one attached hydrogen (secondary N) is 2. The molecule has 1 aliphatic heterocycles. The van der Waals surface area contributed by atoms with E-state index in [4.69, 9.17) is 0 Å². The SMILES string of the molecule is CC1=C(C(=O)Nc2ccccc2)[C@@H](c2cccc(C)c2)n2nc(C(F)(F)F)nc2N1. The number of aromatic nitrogens is 3. The summed E-state index contributed by atoms with van der Waals surface area (Å²) in [6.07, 6.45) is -4.70. The van der Waals surface area contributed by atoms with Gasteiger partial charge in [-0.15, -0.1) is 5.10 Å². The minimum atomic E-state index is -4.70. The lowest BCUT2D eigenvalue weighted by Gasteiger charge is -2.29. The number of carbonyl (C=O) groups is 1. The van der Waals surface area contributed by atoms with Crippen LogP contribution in [0.4, 0.5) is 24.8 Å². The molecular weight excluding hydrogens is 395 g/mol. The molecule has 2 aromatic carbocycles. The van der Waals surface area contributed by atoms with Gasteiger partial charge in [0.05, 0.1) is 5.57 Å². The molecule has 9 heteroatoms. The van der Waals surface area contributed by atoms with Crippen LogP contribution >= 0.6 is 0 Å². The van der Waals surface area contributed by atoms with Crippen LogP contribution in [0.1, 0.15) is 29.9 Å². The van der Waals surface area contributed by atoms with Crippen LogP contribution in [0.5, 0.6) is 0 Å². The normalized spacial score (nSPS) is 16.1. The number of nitrogens with zero attached hydrogens (tertiary/aromatic N) is 3. The average Bonchev–Trinajstić information content (AvgIpc) is 3.11. The summed E-state index contributed by atoms with van der Waals surface area (Å²) in [5.41, 5.74) is 2.78. The van der Waals surface area contributed by atoms with Crippen molar-refractivity contribution >= 4 is 17.5 Å². The molecule has 1 amide bonds. The van der Waals surface area contributed by atoms with Crippen LogP contribution in [-0.4, -0.2) is 20.7 Å². The summed E-state index contributed by atoms with van der Waals surface area (Å²) in [6, 6.07) is 15.2. The molecule has 1 atom stereocenters. The average molecular weight is 413 g/mol. The highest BCUT2D eigenvalue weighted by atomic mass is 19.4. The fourth-order valence-corrected chi connectivity index (χ4v) is 3.43. The highest BCUT2D eigenvalue weighted by Crippen LogP contribution is 2.38. The number of benzene rings is 2. The smallest absolute Gasteiger partial charge is 0.328 e. The summed E-state index contributed by atoms with van der Waals surface area (Å²) >= 11 is 0. The summed E-state index contributed by atoms with van der Waals surface area (Å²) in [7, 11) is 0. The quantitative estimate of drug-likeness (QED) is 0.662. The van der Waals surface area contributed by atoms with E-state index in [1.54, 1.807) is 43.3 Å². The van der Waals surface area contributed by atoms with Crippen molar-refractivity contribution in [1.29, 1.82) is 0 Å². The van der Waals surface area contributed by atoms with Crippen molar-refractivity contribution in [3.05, 3.63) is 82.8 Å². The number of carbonyl (C=O) groups excluding carboxylic acids is 1. The number of allylic oxidation sites excluding steroid dienone is 1. The van der Waals surface area contributed by atoms with Crippen LogP contribution in [0, 0.1) is 6.92 Å². The standard InChI is InChI=1S/C21H18F3N5O/c1-12-7-6-8-14(11-12)17-16(18(30)26-15-9-4-3-5-10-15)13(2)25-20-27-19(21(22,23)24)28-29(17)20/h3-11,17H,1-2H3,(H,26,30)(H,25,27,28)/t17-/m1/s1. The minimum Gasteiger partial charge on any atom is -0.328 e. The van der Waals surface area contributed by atoms with Crippen LogP contribution < -0.4 is 10.6 Å². The van der Waals surface area contributed by atoms with Crippen LogP contribution in [-0.2, 0) is 11.0 Å². The molecule has 2 N–H and O–H groups in total. The van der Waals surface area contributed by atoms with Crippen LogP contribution in [0.15, 0.2) is 65.9 Å². The number of rotatable bonds is 3. The Labute approximate surface area is 170 Å². The number of fused-ring (bicyclic) bond motifs is 1. The third-order valence-electron chi connectivity index (χ3n) is 4.74. The van der Waals surface area contributed by atoms with Crippen LogP contribution in [0.2, 0.25) is 0 Å². The molecule has 0 saturated heterocycles. The van der Waals surface area contributed by atoms with E-state index in [0.29, 0.717) is 16.9 Å². The largest absolute Gasteiger partial charge is 0.453 e. The maximum absolute atomic E-state index is 13.2. The predicted molar refractivity (Wildman–Crippen MR) is 106 cm³/mol. The maximum Gasteiger partial charge on any atom is 0.453 e. The van der Waals surface area contributed by atoms with Gasteiger partial charge in [-0.1, -0.05) is 48.0 Å². The first kappa shape index (κ1) is 19.7. The monoisotopic (exact) mass is 413 g/mol. The van der Waals surface area contributed by atoms with Crippen molar-refractivity contribution in [3.8, 4) is 0 Å². The summed E-state index contributed by atoms with van der Waals surface area (Å²) < 4.78 is 40.9. The van der Waals surface area contributed by atoms with Crippen molar-refractivity contribution in [1.82, 2.24) is 14.8 Å². The van der Waals surface area contributed by atoms with Gasteiger partial charge < -0.3 is 10.6 Å². The molecule has 30 heavy (non-hydrogen) atoms. The number of aryl methyl sites for hydroxylation is 1. The minimum absolute atomic E-state index is 0.0670. The van der Waals surface area contributed by atoms with E-state index >= 15 is 0 Å². The molecule has 0 bridgehead atoms. The molecule has 154 valence electrons. The second-order valence-electron chi connectivity index (χ2n) is 7.00. The van der Waals surface area contributed by atoms with Crippen LogP contribution in [0.3, 0.4) is 0 Å². The second-order valence-corrected chi connectivity index (χ2v) is 7.00. The molecular formula is C21H18F3N5O. The number of halogens is 3. The maximum atomic E-state index is 13.2. The van der Waals surface area contributed by atoms with E-state index in [0.717, 1.165) is 10.2 Å². The molecule has 1 aromatic heterocycles. The van der Waals surface area contributed by atoms with Crippen molar-refractivity contribution in [3.63, 3.8) is 0 Å². The predicted octanol–water partition coefficient (Wildman–Crippen LogP) is 4.53. The Morgan fingerprint density at radius 1 is 1.10 bits per heavy atom. The van der Waals surface area contributed by atoms with Crippen molar-refractivity contribution in [2.45, 2.75) is 26.1 Å². The lowest BCUT2D eigenvalue weighted by molar-refractivity contribution is -0.145.